The zero-order valence-electron chi connectivity index (χ0n) is 11.0. The Labute approximate surface area is 122 Å². The van der Waals surface area contributed by atoms with Crippen LogP contribution in [0.15, 0.2) is 18.3 Å². The van der Waals surface area contributed by atoms with E-state index in [1.165, 1.54) is 6.20 Å². The summed E-state index contributed by atoms with van der Waals surface area (Å²) in [6.07, 6.45) is 4.50. The molecule has 0 saturated heterocycles. The molecule has 0 aromatic carbocycles. The van der Waals surface area contributed by atoms with E-state index < -0.39 is 5.97 Å². The van der Waals surface area contributed by atoms with Crippen molar-refractivity contribution in [3.05, 3.63) is 29.0 Å². The minimum Gasteiger partial charge on any atom is -0.481 e. The summed E-state index contributed by atoms with van der Waals surface area (Å²) in [5, 5.41) is 12.3. The average Bonchev–Trinajstić information content (AvgIpc) is 2.46. The van der Waals surface area contributed by atoms with Gasteiger partial charge in [0.25, 0.3) is 5.91 Å². The van der Waals surface area contributed by atoms with E-state index >= 15 is 0 Å². The second-order valence-corrected chi connectivity index (χ2v) is 5.56. The molecule has 0 aliphatic heterocycles. The van der Waals surface area contributed by atoms with Crippen molar-refractivity contribution in [2.75, 3.05) is 6.54 Å². The molecule has 2 N–H and O–H groups in total. The zero-order valence-corrected chi connectivity index (χ0v) is 11.8. The first-order valence-corrected chi connectivity index (χ1v) is 7.06. The summed E-state index contributed by atoms with van der Waals surface area (Å²) in [7, 11) is 0. The van der Waals surface area contributed by atoms with Gasteiger partial charge in [0.15, 0.2) is 0 Å². The number of aromatic nitrogens is 1. The lowest BCUT2D eigenvalue weighted by Gasteiger charge is -2.26. The molecule has 1 aliphatic rings. The molecular weight excluding hydrogens is 280 g/mol. The molecular formula is C14H17ClN2O3. The lowest BCUT2D eigenvalue weighted by Crippen LogP contribution is -2.32. The average molecular weight is 297 g/mol. The van der Waals surface area contributed by atoms with Gasteiger partial charge in [-0.15, -0.1) is 0 Å². The number of amides is 1. The van der Waals surface area contributed by atoms with Gasteiger partial charge in [0.2, 0.25) is 0 Å². The van der Waals surface area contributed by atoms with Crippen LogP contribution in [0.5, 0.6) is 0 Å². The van der Waals surface area contributed by atoms with Crippen LogP contribution in [0, 0.1) is 11.8 Å². The maximum atomic E-state index is 11.9. The van der Waals surface area contributed by atoms with Crippen molar-refractivity contribution in [1.29, 1.82) is 0 Å². The van der Waals surface area contributed by atoms with Gasteiger partial charge < -0.3 is 10.4 Å². The summed E-state index contributed by atoms with van der Waals surface area (Å²) in [6.45, 7) is 0.565. The second-order valence-electron chi connectivity index (χ2n) is 5.13. The Morgan fingerprint density at radius 3 is 2.55 bits per heavy atom. The number of hydrogen-bond donors (Lipinski definition) is 2. The van der Waals surface area contributed by atoms with Crippen molar-refractivity contribution in [2.45, 2.75) is 25.7 Å². The molecule has 20 heavy (non-hydrogen) atoms. The predicted molar refractivity (Wildman–Crippen MR) is 74.7 cm³/mol. The van der Waals surface area contributed by atoms with Crippen LogP contribution in [-0.2, 0) is 4.79 Å². The minimum atomic E-state index is -0.710. The third-order valence-corrected chi connectivity index (χ3v) is 3.93. The molecule has 1 aromatic heterocycles. The molecule has 1 fully saturated rings. The first-order chi connectivity index (χ1) is 9.56. The van der Waals surface area contributed by atoms with Gasteiger partial charge in [-0.25, -0.2) is 4.98 Å². The molecule has 108 valence electrons. The number of pyridine rings is 1. The number of nitrogens with zero attached hydrogens (tertiary/aromatic N) is 1. The lowest BCUT2D eigenvalue weighted by atomic mass is 9.82. The SMILES string of the molecule is O=C(NCC1CCC(C(=O)O)CC1)c1ccc(Cl)cn1. The summed E-state index contributed by atoms with van der Waals surface area (Å²) < 4.78 is 0. The first kappa shape index (κ1) is 14.8. The number of carboxylic acids is 1. The summed E-state index contributed by atoms with van der Waals surface area (Å²) >= 11 is 5.71. The quantitative estimate of drug-likeness (QED) is 0.894. The van der Waals surface area contributed by atoms with E-state index in [1.54, 1.807) is 12.1 Å². The summed E-state index contributed by atoms with van der Waals surface area (Å²) in [6, 6.07) is 3.21. The van der Waals surface area contributed by atoms with Crippen molar-refractivity contribution in [2.24, 2.45) is 11.8 Å². The molecule has 1 aromatic rings. The highest BCUT2D eigenvalue weighted by atomic mass is 35.5. The number of rotatable bonds is 4. The van der Waals surface area contributed by atoms with E-state index in [0.29, 0.717) is 36.0 Å². The molecule has 0 bridgehead atoms. The number of carbonyl (C=O) groups excluding carboxylic acids is 1. The van der Waals surface area contributed by atoms with E-state index in [2.05, 4.69) is 10.3 Å². The summed E-state index contributed by atoms with van der Waals surface area (Å²) in [4.78, 5) is 26.7. The molecule has 6 heteroatoms. The van der Waals surface area contributed by atoms with Gasteiger partial charge in [-0.3, -0.25) is 9.59 Å². The predicted octanol–water partition coefficient (Wildman–Crippen LogP) is 2.36. The van der Waals surface area contributed by atoms with E-state index in [1.807, 2.05) is 0 Å². The number of aliphatic carboxylic acids is 1. The summed E-state index contributed by atoms with van der Waals surface area (Å²) in [5.41, 5.74) is 0.341. The van der Waals surface area contributed by atoms with Gasteiger partial charge in [-0.1, -0.05) is 11.6 Å². The van der Waals surface area contributed by atoms with Crippen LogP contribution in [0.4, 0.5) is 0 Å². The standard InChI is InChI=1S/C14H17ClN2O3/c15-11-5-6-12(16-8-11)13(18)17-7-9-1-3-10(4-2-9)14(19)20/h5-6,8-10H,1-4,7H2,(H,17,18)(H,19,20). The molecule has 2 rings (SSSR count). The van der Waals surface area contributed by atoms with Crippen molar-refractivity contribution in [3.63, 3.8) is 0 Å². The van der Waals surface area contributed by atoms with Gasteiger partial charge in [0.1, 0.15) is 5.69 Å². The Balaban J connectivity index is 1.77. The fraction of sp³-hybridized carbons (Fsp3) is 0.500. The van der Waals surface area contributed by atoms with Crippen molar-refractivity contribution in [3.8, 4) is 0 Å². The smallest absolute Gasteiger partial charge is 0.306 e. The summed E-state index contributed by atoms with van der Waals surface area (Å²) in [5.74, 6) is -0.804. The molecule has 0 spiro atoms. The normalized spacial score (nSPS) is 22.2. The van der Waals surface area contributed by atoms with Crippen LogP contribution in [-0.4, -0.2) is 28.5 Å². The lowest BCUT2D eigenvalue weighted by molar-refractivity contribution is -0.143. The van der Waals surface area contributed by atoms with Gasteiger partial charge >= 0.3 is 5.97 Å². The maximum Gasteiger partial charge on any atom is 0.306 e. The highest BCUT2D eigenvalue weighted by molar-refractivity contribution is 6.30. The third kappa shape index (κ3) is 3.93. The molecule has 1 saturated carbocycles. The Hall–Kier alpha value is -1.62. The molecule has 1 amide bonds. The number of nitrogens with one attached hydrogen (secondary N) is 1. The molecule has 1 heterocycles. The van der Waals surface area contributed by atoms with Gasteiger partial charge in [-0.2, -0.15) is 0 Å². The van der Waals surface area contributed by atoms with E-state index in [0.717, 1.165) is 12.8 Å². The Kier molecular flexibility index (Phi) is 4.95. The first-order valence-electron chi connectivity index (χ1n) is 6.69. The number of carbonyl (C=O) groups is 2. The van der Waals surface area contributed by atoms with Crippen LogP contribution in [0.2, 0.25) is 5.02 Å². The van der Waals surface area contributed by atoms with Crippen LogP contribution in [0.25, 0.3) is 0 Å². The molecule has 0 atom stereocenters. The monoisotopic (exact) mass is 296 g/mol. The number of halogens is 1. The number of hydrogen-bond acceptors (Lipinski definition) is 3. The van der Waals surface area contributed by atoms with Crippen molar-refractivity contribution >= 4 is 23.5 Å². The second kappa shape index (κ2) is 6.70. The highest BCUT2D eigenvalue weighted by Gasteiger charge is 2.26. The molecule has 1 aliphatic carbocycles. The maximum absolute atomic E-state index is 11.9. The molecule has 0 radical (unpaired) electrons. The van der Waals surface area contributed by atoms with Crippen LogP contribution in [0.3, 0.4) is 0 Å². The van der Waals surface area contributed by atoms with Crippen LogP contribution >= 0.6 is 11.6 Å². The highest BCUT2D eigenvalue weighted by Crippen LogP contribution is 2.28. The van der Waals surface area contributed by atoms with Gasteiger partial charge in [0, 0.05) is 12.7 Å². The van der Waals surface area contributed by atoms with E-state index in [9.17, 15) is 9.59 Å². The number of carboxylic acid groups (broad SMARTS) is 1. The third-order valence-electron chi connectivity index (χ3n) is 3.71. The Morgan fingerprint density at radius 2 is 2.00 bits per heavy atom. The molecule has 0 unspecified atom stereocenters. The van der Waals surface area contributed by atoms with Gasteiger partial charge in [-0.05, 0) is 43.7 Å². The van der Waals surface area contributed by atoms with Crippen molar-refractivity contribution in [1.82, 2.24) is 10.3 Å². The van der Waals surface area contributed by atoms with Crippen molar-refractivity contribution < 1.29 is 14.7 Å². The fourth-order valence-corrected chi connectivity index (χ4v) is 2.56. The largest absolute Gasteiger partial charge is 0.481 e. The van der Waals surface area contributed by atoms with Crippen LogP contribution < -0.4 is 5.32 Å². The van der Waals surface area contributed by atoms with Gasteiger partial charge in [0.05, 0.1) is 10.9 Å². The topological polar surface area (TPSA) is 79.3 Å². The Morgan fingerprint density at radius 1 is 1.30 bits per heavy atom. The minimum absolute atomic E-state index is 0.220. The Bertz CT molecular complexity index is 482. The zero-order chi connectivity index (χ0) is 14.5. The van der Waals surface area contributed by atoms with Crippen LogP contribution in [0.1, 0.15) is 36.2 Å². The van der Waals surface area contributed by atoms with E-state index in [4.69, 9.17) is 16.7 Å². The van der Waals surface area contributed by atoms with E-state index in [-0.39, 0.29) is 11.8 Å². The fourth-order valence-electron chi connectivity index (χ4n) is 2.45. The molecule has 5 nitrogen and oxygen atoms in total.